The Morgan fingerprint density at radius 1 is 0.818 bits per heavy atom. The van der Waals surface area contributed by atoms with Crippen LogP contribution in [0.2, 0.25) is 0 Å². The van der Waals surface area contributed by atoms with Gasteiger partial charge in [0.05, 0.1) is 18.3 Å². The Kier molecular flexibility index (Phi) is 12.6. The van der Waals surface area contributed by atoms with Crippen molar-refractivity contribution in [1.82, 2.24) is 0 Å². The molecule has 0 aliphatic carbocycles. The summed E-state index contributed by atoms with van der Waals surface area (Å²) in [4.78, 5) is 12.4. The molecule has 2 rings (SSSR count). The van der Waals surface area contributed by atoms with Crippen LogP contribution in [0.15, 0.2) is 48.5 Å². The number of hydrogen-bond donors (Lipinski definition) is 1. The minimum Gasteiger partial charge on any atom is -0.494 e. The van der Waals surface area contributed by atoms with Gasteiger partial charge in [-0.15, -0.1) is 0 Å². The highest BCUT2D eigenvalue weighted by Crippen LogP contribution is 2.22. The van der Waals surface area contributed by atoms with Crippen molar-refractivity contribution in [3.63, 3.8) is 0 Å². The van der Waals surface area contributed by atoms with E-state index in [4.69, 9.17) is 14.2 Å². The molecule has 2 aromatic rings. The molecule has 5 heteroatoms. The van der Waals surface area contributed by atoms with Crippen LogP contribution in [0.3, 0.4) is 0 Å². The van der Waals surface area contributed by atoms with Crippen molar-refractivity contribution in [1.29, 1.82) is 0 Å². The van der Waals surface area contributed by atoms with Gasteiger partial charge < -0.3 is 19.3 Å². The Hall–Kier alpha value is -2.37. The molecule has 0 radical (unpaired) electrons. The number of aliphatic hydroxyl groups excluding tert-OH is 1. The quantitative estimate of drug-likeness (QED) is 0.125. The molecule has 0 aromatic heterocycles. The van der Waals surface area contributed by atoms with Crippen molar-refractivity contribution >= 4 is 5.97 Å². The normalized spacial score (nSPS) is 12.8. The predicted molar refractivity (Wildman–Crippen MR) is 132 cm³/mol. The lowest BCUT2D eigenvalue weighted by molar-refractivity contribution is -0.136. The van der Waals surface area contributed by atoms with E-state index in [9.17, 15) is 9.90 Å². The highest BCUT2D eigenvalue weighted by atomic mass is 16.6. The number of aliphatic hydroxyl groups is 1. The van der Waals surface area contributed by atoms with E-state index in [1.807, 2.05) is 6.92 Å². The highest BCUT2D eigenvalue weighted by Gasteiger charge is 2.14. The lowest BCUT2D eigenvalue weighted by atomic mass is 10.1. The minimum atomic E-state index is -0.995. The Morgan fingerprint density at radius 2 is 1.42 bits per heavy atom. The number of ether oxygens (including phenoxy) is 3. The van der Waals surface area contributed by atoms with Crippen LogP contribution in [0.4, 0.5) is 0 Å². The molecule has 0 saturated carbocycles. The topological polar surface area (TPSA) is 65.0 Å². The summed E-state index contributed by atoms with van der Waals surface area (Å²) in [6.07, 6.45) is 9.26. The van der Waals surface area contributed by atoms with Crippen molar-refractivity contribution in [3.8, 4) is 11.5 Å². The van der Waals surface area contributed by atoms with Gasteiger partial charge in [0.15, 0.2) is 6.29 Å². The number of hydrogen-bond acceptors (Lipinski definition) is 5. The van der Waals surface area contributed by atoms with E-state index in [2.05, 4.69) is 13.8 Å². The Labute approximate surface area is 199 Å². The van der Waals surface area contributed by atoms with Crippen LogP contribution in [0.5, 0.6) is 11.5 Å². The van der Waals surface area contributed by atoms with Crippen molar-refractivity contribution in [2.75, 3.05) is 6.61 Å². The SMILES string of the molecule is CCCCCCOc1ccc(C(=O)Oc2ccc([C@@H](O)OC(C)CCCCCC)cc2)cc1. The zero-order valence-electron chi connectivity index (χ0n) is 20.4. The van der Waals surface area contributed by atoms with Gasteiger partial charge in [-0.1, -0.05) is 70.9 Å². The van der Waals surface area contributed by atoms with Gasteiger partial charge in [-0.05, 0) is 56.2 Å². The number of carbonyl (C=O) groups is 1. The van der Waals surface area contributed by atoms with E-state index in [0.717, 1.165) is 25.0 Å². The van der Waals surface area contributed by atoms with E-state index in [-0.39, 0.29) is 6.10 Å². The Balaban J connectivity index is 1.78. The lowest BCUT2D eigenvalue weighted by Gasteiger charge is -2.18. The molecule has 0 aliphatic heterocycles. The molecule has 1 N–H and O–H groups in total. The van der Waals surface area contributed by atoms with E-state index >= 15 is 0 Å². The maximum atomic E-state index is 12.4. The molecule has 5 nitrogen and oxygen atoms in total. The molecule has 0 amide bonds. The van der Waals surface area contributed by atoms with Gasteiger partial charge in [0, 0.05) is 5.56 Å². The molecule has 0 saturated heterocycles. The number of unbranched alkanes of at least 4 members (excludes halogenated alkanes) is 6. The molecule has 2 aromatic carbocycles. The number of benzene rings is 2. The summed E-state index contributed by atoms with van der Waals surface area (Å²) in [5.41, 5.74) is 1.09. The third-order valence-electron chi connectivity index (χ3n) is 5.56. The maximum absolute atomic E-state index is 12.4. The second-order valence-corrected chi connectivity index (χ2v) is 8.54. The molecular weight excluding hydrogens is 416 g/mol. The predicted octanol–water partition coefficient (Wildman–Crippen LogP) is 7.23. The van der Waals surface area contributed by atoms with Gasteiger partial charge in [-0.25, -0.2) is 4.79 Å². The minimum absolute atomic E-state index is 0.0161. The summed E-state index contributed by atoms with van der Waals surface area (Å²) < 4.78 is 16.9. The molecular formula is C28H40O5. The zero-order chi connectivity index (χ0) is 23.9. The van der Waals surface area contributed by atoms with Crippen molar-refractivity contribution in [2.24, 2.45) is 0 Å². The lowest BCUT2D eigenvalue weighted by Crippen LogP contribution is -2.13. The van der Waals surface area contributed by atoms with Crippen molar-refractivity contribution in [2.45, 2.75) is 91.0 Å². The van der Waals surface area contributed by atoms with Crippen LogP contribution >= 0.6 is 0 Å². The van der Waals surface area contributed by atoms with E-state index < -0.39 is 12.3 Å². The summed E-state index contributed by atoms with van der Waals surface area (Å²) in [7, 11) is 0. The first-order valence-corrected chi connectivity index (χ1v) is 12.4. The molecule has 0 spiro atoms. The third kappa shape index (κ3) is 10.4. The molecule has 2 atom stereocenters. The molecule has 0 heterocycles. The van der Waals surface area contributed by atoms with Crippen LogP contribution in [0, 0.1) is 0 Å². The van der Waals surface area contributed by atoms with Crippen LogP contribution in [-0.4, -0.2) is 23.8 Å². The van der Waals surface area contributed by atoms with E-state index in [1.54, 1.807) is 48.5 Å². The van der Waals surface area contributed by atoms with Crippen LogP contribution in [0.25, 0.3) is 0 Å². The first-order valence-electron chi connectivity index (χ1n) is 12.4. The van der Waals surface area contributed by atoms with Gasteiger partial charge in [0.1, 0.15) is 11.5 Å². The molecule has 0 fully saturated rings. The molecule has 182 valence electrons. The second-order valence-electron chi connectivity index (χ2n) is 8.54. The zero-order valence-corrected chi connectivity index (χ0v) is 20.4. The first kappa shape index (κ1) is 26.9. The molecule has 33 heavy (non-hydrogen) atoms. The summed E-state index contributed by atoms with van der Waals surface area (Å²) >= 11 is 0. The van der Waals surface area contributed by atoms with Crippen molar-refractivity contribution in [3.05, 3.63) is 59.7 Å². The smallest absolute Gasteiger partial charge is 0.343 e. The van der Waals surface area contributed by atoms with Gasteiger partial charge in [0.2, 0.25) is 0 Å². The van der Waals surface area contributed by atoms with E-state index in [0.29, 0.717) is 23.5 Å². The standard InChI is InChI=1S/C28H40O5/c1-4-6-8-10-12-22(3)32-27(29)23-15-19-26(20-16-23)33-28(30)24-13-17-25(18-14-24)31-21-11-9-7-5-2/h13-20,22,27,29H,4-12,21H2,1-3H3/t22?,27-/m0/s1. The Morgan fingerprint density at radius 3 is 2.06 bits per heavy atom. The fourth-order valence-electron chi connectivity index (χ4n) is 3.50. The molecule has 0 aliphatic rings. The number of rotatable bonds is 16. The fourth-order valence-corrected chi connectivity index (χ4v) is 3.50. The maximum Gasteiger partial charge on any atom is 0.343 e. The molecule has 0 bridgehead atoms. The van der Waals surface area contributed by atoms with Crippen LogP contribution < -0.4 is 9.47 Å². The largest absolute Gasteiger partial charge is 0.494 e. The van der Waals surface area contributed by atoms with Gasteiger partial charge in [-0.3, -0.25) is 0 Å². The summed E-state index contributed by atoms with van der Waals surface area (Å²) in [6.45, 7) is 7.03. The number of carbonyl (C=O) groups excluding carboxylic acids is 1. The second kappa shape index (κ2) is 15.5. The van der Waals surface area contributed by atoms with Crippen LogP contribution in [-0.2, 0) is 4.74 Å². The average Bonchev–Trinajstić information content (AvgIpc) is 2.82. The highest BCUT2D eigenvalue weighted by molar-refractivity contribution is 5.91. The van der Waals surface area contributed by atoms with Crippen molar-refractivity contribution < 1.29 is 24.1 Å². The van der Waals surface area contributed by atoms with Gasteiger partial charge >= 0.3 is 5.97 Å². The van der Waals surface area contributed by atoms with Crippen LogP contribution in [0.1, 0.15) is 101 Å². The van der Waals surface area contributed by atoms with Gasteiger partial charge in [0.25, 0.3) is 0 Å². The summed E-state index contributed by atoms with van der Waals surface area (Å²) in [5, 5.41) is 10.3. The van der Waals surface area contributed by atoms with E-state index in [1.165, 1.54) is 38.5 Å². The van der Waals surface area contributed by atoms with Gasteiger partial charge in [-0.2, -0.15) is 0 Å². The number of esters is 1. The fraction of sp³-hybridized carbons (Fsp3) is 0.536. The molecule has 1 unspecified atom stereocenters. The summed E-state index contributed by atoms with van der Waals surface area (Å²) in [5.74, 6) is 0.732. The summed E-state index contributed by atoms with van der Waals surface area (Å²) in [6, 6.07) is 13.8. The first-order chi connectivity index (χ1) is 16.0. The average molecular weight is 457 g/mol. The third-order valence-corrected chi connectivity index (χ3v) is 5.56. The monoisotopic (exact) mass is 456 g/mol. The Bertz CT molecular complexity index is 785.